The van der Waals surface area contributed by atoms with Crippen LogP contribution in [0.25, 0.3) is 11.2 Å². The first-order valence-corrected chi connectivity index (χ1v) is 7.41. The molecule has 0 aliphatic heterocycles. The molecular formula is C15H13ClN4O4. The number of hydrogen-bond acceptors (Lipinski definition) is 5. The van der Waals surface area contributed by atoms with Gasteiger partial charge in [-0.2, -0.15) is 0 Å². The number of nitrogens with one attached hydrogen (secondary N) is 2. The van der Waals surface area contributed by atoms with Crippen molar-refractivity contribution in [2.45, 2.75) is 12.5 Å². The Balaban J connectivity index is 2.10. The summed E-state index contributed by atoms with van der Waals surface area (Å²) in [6.45, 7) is 0. The Morgan fingerprint density at radius 1 is 1.21 bits per heavy atom. The number of rotatable bonds is 3. The van der Waals surface area contributed by atoms with E-state index < -0.39 is 22.9 Å². The Kier molecular flexibility index (Phi) is 4.08. The molecule has 0 radical (unpaired) electrons. The van der Waals surface area contributed by atoms with Crippen LogP contribution >= 0.6 is 11.6 Å². The lowest BCUT2D eigenvalue weighted by Gasteiger charge is -2.12. The molecule has 3 N–H and O–H groups in total. The molecule has 1 aromatic carbocycles. The summed E-state index contributed by atoms with van der Waals surface area (Å²) in [4.78, 5) is 44.2. The van der Waals surface area contributed by atoms with Crippen LogP contribution in [-0.4, -0.2) is 24.6 Å². The number of nitrogens with zero attached hydrogens (tertiary/aromatic N) is 2. The Morgan fingerprint density at radius 3 is 2.62 bits per heavy atom. The fourth-order valence-corrected chi connectivity index (χ4v) is 2.66. The molecule has 8 nitrogen and oxygen atoms in total. The number of aliphatic hydroxyl groups excluding tert-OH is 1. The lowest BCUT2D eigenvalue weighted by Crippen LogP contribution is -2.32. The normalized spacial score (nSPS) is 12.5. The van der Waals surface area contributed by atoms with Gasteiger partial charge in [0.05, 0.1) is 6.10 Å². The standard InChI is InChI=1S/C15H13ClN4O4/c1-20-12-11(14(23)19-15(20)24)17-9(13(22)18-12)6-10(21)7-4-2-3-5-8(7)16/h2-5,10,21H,6H2,1H3,(H,18,22)(H,19,23,24). The van der Waals surface area contributed by atoms with Crippen LogP contribution in [0.15, 0.2) is 38.6 Å². The van der Waals surface area contributed by atoms with Crippen molar-refractivity contribution in [3.63, 3.8) is 0 Å². The van der Waals surface area contributed by atoms with E-state index in [2.05, 4.69) is 15.0 Å². The highest BCUT2D eigenvalue weighted by Gasteiger charge is 2.17. The van der Waals surface area contributed by atoms with Crippen molar-refractivity contribution in [2.75, 3.05) is 0 Å². The van der Waals surface area contributed by atoms with Gasteiger partial charge in [0, 0.05) is 18.5 Å². The van der Waals surface area contributed by atoms with Gasteiger partial charge in [-0.3, -0.25) is 19.1 Å². The van der Waals surface area contributed by atoms with Gasteiger partial charge in [-0.25, -0.2) is 9.78 Å². The van der Waals surface area contributed by atoms with Crippen LogP contribution in [0, 0.1) is 0 Å². The maximum atomic E-state index is 12.2. The second-order valence-corrected chi connectivity index (χ2v) is 5.68. The van der Waals surface area contributed by atoms with E-state index in [9.17, 15) is 19.5 Å². The summed E-state index contributed by atoms with van der Waals surface area (Å²) >= 11 is 6.02. The SMILES string of the molecule is Cn1c(=O)[nH]c(=O)c2nc(CC(O)c3ccccc3Cl)c(=O)[nH]c21. The molecular weight excluding hydrogens is 336 g/mol. The molecule has 0 saturated heterocycles. The molecule has 0 saturated carbocycles. The number of fused-ring (bicyclic) bond motifs is 1. The average Bonchev–Trinajstić information content (AvgIpc) is 2.54. The summed E-state index contributed by atoms with van der Waals surface area (Å²) in [5, 5.41) is 10.7. The van der Waals surface area contributed by atoms with Gasteiger partial charge in [-0.1, -0.05) is 29.8 Å². The first-order valence-electron chi connectivity index (χ1n) is 7.03. The summed E-state index contributed by atoms with van der Waals surface area (Å²) in [5.74, 6) is 0. The first-order chi connectivity index (χ1) is 11.4. The van der Waals surface area contributed by atoms with Gasteiger partial charge in [-0.05, 0) is 11.6 Å². The van der Waals surface area contributed by atoms with Crippen LogP contribution in [0.3, 0.4) is 0 Å². The molecule has 1 atom stereocenters. The van der Waals surface area contributed by atoms with E-state index in [1.165, 1.54) is 7.05 Å². The van der Waals surface area contributed by atoms with Crippen molar-refractivity contribution in [3.8, 4) is 0 Å². The van der Waals surface area contributed by atoms with E-state index in [-0.39, 0.29) is 23.3 Å². The second-order valence-electron chi connectivity index (χ2n) is 5.27. The van der Waals surface area contributed by atoms with E-state index in [1.807, 2.05) is 0 Å². The lowest BCUT2D eigenvalue weighted by molar-refractivity contribution is 0.177. The zero-order valence-electron chi connectivity index (χ0n) is 12.5. The monoisotopic (exact) mass is 348 g/mol. The van der Waals surface area contributed by atoms with Gasteiger partial charge in [-0.15, -0.1) is 0 Å². The summed E-state index contributed by atoms with van der Waals surface area (Å²) in [6.07, 6.45) is -1.19. The van der Waals surface area contributed by atoms with Crippen molar-refractivity contribution in [1.82, 2.24) is 19.5 Å². The third kappa shape index (κ3) is 2.77. The first kappa shape index (κ1) is 16.2. The highest BCUT2D eigenvalue weighted by Crippen LogP contribution is 2.24. The van der Waals surface area contributed by atoms with E-state index >= 15 is 0 Å². The Bertz CT molecular complexity index is 1100. The van der Waals surface area contributed by atoms with Crippen molar-refractivity contribution in [3.05, 3.63) is 71.7 Å². The van der Waals surface area contributed by atoms with E-state index in [1.54, 1.807) is 24.3 Å². The molecule has 0 spiro atoms. The zero-order chi connectivity index (χ0) is 17.4. The molecule has 124 valence electrons. The third-order valence-corrected chi connectivity index (χ3v) is 4.04. The quantitative estimate of drug-likeness (QED) is 0.626. The summed E-state index contributed by atoms with van der Waals surface area (Å²) in [5.41, 5.74) is -1.60. The Labute approximate surface area is 139 Å². The molecule has 3 aromatic rings. The van der Waals surface area contributed by atoms with Crippen LogP contribution in [-0.2, 0) is 13.5 Å². The number of halogens is 1. The molecule has 0 bridgehead atoms. The van der Waals surface area contributed by atoms with Crippen LogP contribution in [0.5, 0.6) is 0 Å². The molecule has 1 unspecified atom stereocenters. The summed E-state index contributed by atoms with van der Waals surface area (Å²) in [7, 11) is 1.40. The van der Waals surface area contributed by atoms with Crippen LogP contribution < -0.4 is 16.8 Å². The summed E-state index contributed by atoms with van der Waals surface area (Å²) < 4.78 is 1.08. The van der Waals surface area contributed by atoms with Crippen molar-refractivity contribution in [2.24, 2.45) is 7.05 Å². The van der Waals surface area contributed by atoms with Gasteiger partial charge < -0.3 is 10.1 Å². The van der Waals surface area contributed by atoms with Crippen molar-refractivity contribution >= 4 is 22.8 Å². The summed E-state index contributed by atoms with van der Waals surface area (Å²) in [6, 6.07) is 6.69. The van der Waals surface area contributed by atoms with Gasteiger partial charge in [0.2, 0.25) is 0 Å². The van der Waals surface area contributed by atoms with Crippen molar-refractivity contribution in [1.29, 1.82) is 0 Å². The molecule has 2 heterocycles. The molecule has 0 fully saturated rings. The number of aliphatic hydroxyl groups is 1. The van der Waals surface area contributed by atoms with Gasteiger partial charge in [0.1, 0.15) is 11.3 Å². The molecule has 3 rings (SSSR count). The van der Waals surface area contributed by atoms with Gasteiger partial charge >= 0.3 is 5.69 Å². The smallest absolute Gasteiger partial charge is 0.329 e. The minimum atomic E-state index is -1.06. The van der Waals surface area contributed by atoms with Gasteiger partial charge in [0.25, 0.3) is 11.1 Å². The van der Waals surface area contributed by atoms with Gasteiger partial charge in [0.15, 0.2) is 5.52 Å². The fraction of sp³-hybridized carbons (Fsp3) is 0.200. The fourth-order valence-electron chi connectivity index (χ4n) is 2.40. The number of H-pyrrole nitrogens is 2. The number of benzene rings is 1. The van der Waals surface area contributed by atoms with E-state index in [4.69, 9.17) is 11.6 Å². The van der Waals surface area contributed by atoms with Crippen LogP contribution in [0.2, 0.25) is 5.02 Å². The van der Waals surface area contributed by atoms with E-state index in [0.29, 0.717) is 10.6 Å². The second kappa shape index (κ2) is 6.06. The largest absolute Gasteiger partial charge is 0.388 e. The molecule has 24 heavy (non-hydrogen) atoms. The minimum absolute atomic E-state index is 0.0183. The molecule has 0 amide bonds. The maximum absolute atomic E-state index is 12.2. The highest BCUT2D eigenvalue weighted by molar-refractivity contribution is 6.31. The maximum Gasteiger partial charge on any atom is 0.329 e. The Hall–Kier alpha value is -2.71. The van der Waals surface area contributed by atoms with Crippen LogP contribution in [0.4, 0.5) is 0 Å². The van der Waals surface area contributed by atoms with Crippen molar-refractivity contribution < 1.29 is 5.11 Å². The Morgan fingerprint density at radius 2 is 1.92 bits per heavy atom. The zero-order valence-corrected chi connectivity index (χ0v) is 13.3. The van der Waals surface area contributed by atoms with E-state index in [0.717, 1.165) is 4.57 Å². The number of hydrogen-bond donors (Lipinski definition) is 3. The molecule has 2 aromatic heterocycles. The number of aryl methyl sites for hydroxylation is 1. The average molecular weight is 349 g/mol. The predicted molar refractivity (Wildman–Crippen MR) is 88.3 cm³/mol. The highest BCUT2D eigenvalue weighted by atomic mass is 35.5. The number of aromatic nitrogens is 4. The third-order valence-electron chi connectivity index (χ3n) is 3.69. The predicted octanol–water partition coefficient (Wildman–Crippen LogP) is 0.240. The number of aromatic amines is 2. The topological polar surface area (TPSA) is 121 Å². The molecule has 0 aliphatic rings. The molecule has 0 aliphatic carbocycles. The van der Waals surface area contributed by atoms with Crippen LogP contribution in [0.1, 0.15) is 17.4 Å². The minimum Gasteiger partial charge on any atom is -0.388 e. The molecule has 9 heteroatoms. The lowest BCUT2D eigenvalue weighted by atomic mass is 10.1.